The standard InChI is InChI=1S/C18H23N3O3S/c1-20-11-9-17(19-20)15-7-12-21(13-8-15)18(22)10-14-25(23,24)16-5-3-2-4-6-16/h2-6,9,11,15H,7-8,10,12-14H2,1H3. The second-order valence-electron chi connectivity index (χ2n) is 6.45. The number of carbonyl (C=O) groups is 1. The van der Waals surface area contributed by atoms with Gasteiger partial charge in [0, 0.05) is 38.7 Å². The predicted octanol–water partition coefficient (Wildman–Crippen LogP) is 1.99. The Kier molecular flexibility index (Phi) is 5.22. The molecule has 25 heavy (non-hydrogen) atoms. The number of hydrogen-bond acceptors (Lipinski definition) is 4. The Morgan fingerprint density at radius 1 is 1.16 bits per heavy atom. The zero-order chi connectivity index (χ0) is 17.9. The van der Waals surface area contributed by atoms with Gasteiger partial charge in [0.25, 0.3) is 0 Å². The SMILES string of the molecule is Cn1ccc(C2CCN(C(=O)CCS(=O)(=O)c3ccccc3)CC2)n1. The Balaban J connectivity index is 1.51. The van der Waals surface area contributed by atoms with Gasteiger partial charge in [-0.25, -0.2) is 8.42 Å². The summed E-state index contributed by atoms with van der Waals surface area (Å²) in [7, 11) is -1.51. The van der Waals surface area contributed by atoms with E-state index < -0.39 is 9.84 Å². The predicted molar refractivity (Wildman–Crippen MR) is 94.9 cm³/mol. The molecule has 7 heteroatoms. The number of hydrogen-bond donors (Lipinski definition) is 0. The average molecular weight is 361 g/mol. The summed E-state index contributed by atoms with van der Waals surface area (Å²) < 4.78 is 26.3. The summed E-state index contributed by atoms with van der Waals surface area (Å²) >= 11 is 0. The largest absolute Gasteiger partial charge is 0.343 e. The van der Waals surface area contributed by atoms with Crippen molar-refractivity contribution in [2.24, 2.45) is 7.05 Å². The molecular formula is C18H23N3O3S. The highest BCUT2D eigenvalue weighted by Gasteiger charge is 2.26. The van der Waals surface area contributed by atoms with Crippen molar-refractivity contribution in [2.75, 3.05) is 18.8 Å². The first-order valence-corrected chi connectivity index (χ1v) is 10.2. The Morgan fingerprint density at radius 3 is 2.44 bits per heavy atom. The van der Waals surface area contributed by atoms with E-state index in [-0.39, 0.29) is 23.0 Å². The molecule has 0 saturated carbocycles. The number of nitrogens with zero attached hydrogens (tertiary/aromatic N) is 3. The van der Waals surface area contributed by atoms with Crippen LogP contribution in [0.3, 0.4) is 0 Å². The molecule has 3 rings (SSSR count). The normalized spacial score (nSPS) is 16.1. The van der Waals surface area contributed by atoms with Gasteiger partial charge in [0.2, 0.25) is 5.91 Å². The molecule has 1 fully saturated rings. The maximum atomic E-state index is 12.4. The molecule has 0 N–H and O–H groups in total. The molecule has 2 aromatic rings. The molecule has 1 aliphatic rings. The minimum absolute atomic E-state index is 0.0332. The van der Waals surface area contributed by atoms with E-state index in [4.69, 9.17) is 0 Å². The van der Waals surface area contributed by atoms with E-state index in [1.165, 1.54) is 0 Å². The van der Waals surface area contributed by atoms with Crippen molar-refractivity contribution in [3.05, 3.63) is 48.3 Å². The molecule has 0 radical (unpaired) electrons. The van der Waals surface area contributed by atoms with E-state index in [1.807, 2.05) is 19.3 Å². The summed E-state index contributed by atoms with van der Waals surface area (Å²) in [6, 6.07) is 10.3. The van der Waals surface area contributed by atoms with Crippen LogP contribution in [0.15, 0.2) is 47.5 Å². The molecular weight excluding hydrogens is 338 g/mol. The molecule has 0 bridgehead atoms. The summed E-state index contributed by atoms with van der Waals surface area (Å²) in [6.45, 7) is 1.32. The lowest BCUT2D eigenvalue weighted by molar-refractivity contribution is -0.131. The Morgan fingerprint density at radius 2 is 1.84 bits per heavy atom. The molecule has 1 amide bonds. The van der Waals surface area contributed by atoms with E-state index in [2.05, 4.69) is 5.10 Å². The first-order valence-electron chi connectivity index (χ1n) is 8.51. The number of aromatic nitrogens is 2. The van der Waals surface area contributed by atoms with Crippen molar-refractivity contribution < 1.29 is 13.2 Å². The van der Waals surface area contributed by atoms with Gasteiger partial charge in [-0.3, -0.25) is 9.48 Å². The fourth-order valence-electron chi connectivity index (χ4n) is 3.20. The second-order valence-corrected chi connectivity index (χ2v) is 8.56. The van der Waals surface area contributed by atoms with Gasteiger partial charge in [-0.15, -0.1) is 0 Å². The number of sulfone groups is 1. The maximum absolute atomic E-state index is 12.4. The van der Waals surface area contributed by atoms with Crippen LogP contribution >= 0.6 is 0 Å². The van der Waals surface area contributed by atoms with Gasteiger partial charge in [0.15, 0.2) is 9.84 Å². The Hall–Kier alpha value is -2.15. The van der Waals surface area contributed by atoms with Gasteiger partial charge < -0.3 is 4.90 Å². The zero-order valence-electron chi connectivity index (χ0n) is 14.3. The van der Waals surface area contributed by atoms with E-state index >= 15 is 0 Å². The van der Waals surface area contributed by atoms with Crippen molar-refractivity contribution >= 4 is 15.7 Å². The third-order valence-electron chi connectivity index (χ3n) is 4.69. The number of aryl methyl sites for hydroxylation is 1. The van der Waals surface area contributed by atoms with Crippen molar-refractivity contribution in [3.8, 4) is 0 Å². The quantitative estimate of drug-likeness (QED) is 0.816. The summed E-state index contributed by atoms with van der Waals surface area (Å²) in [4.78, 5) is 14.4. The van der Waals surface area contributed by atoms with Crippen LogP contribution < -0.4 is 0 Å². The topological polar surface area (TPSA) is 72.3 Å². The minimum atomic E-state index is -3.41. The summed E-state index contributed by atoms with van der Waals surface area (Å²) in [6.07, 6.45) is 3.70. The van der Waals surface area contributed by atoms with Crippen molar-refractivity contribution in [3.63, 3.8) is 0 Å². The first-order chi connectivity index (χ1) is 12.0. The highest BCUT2D eigenvalue weighted by atomic mass is 32.2. The third-order valence-corrected chi connectivity index (χ3v) is 6.42. The van der Waals surface area contributed by atoms with E-state index in [0.29, 0.717) is 19.0 Å². The lowest BCUT2D eigenvalue weighted by Crippen LogP contribution is -2.38. The monoisotopic (exact) mass is 361 g/mol. The van der Waals surface area contributed by atoms with Crippen LogP contribution in [0.25, 0.3) is 0 Å². The molecule has 1 aliphatic heterocycles. The maximum Gasteiger partial charge on any atom is 0.223 e. The molecule has 134 valence electrons. The number of carbonyl (C=O) groups excluding carboxylic acids is 1. The lowest BCUT2D eigenvalue weighted by Gasteiger charge is -2.31. The van der Waals surface area contributed by atoms with Gasteiger partial charge in [0.1, 0.15) is 0 Å². The van der Waals surface area contributed by atoms with Gasteiger partial charge in [0.05, 0.1) is 16.3 Å². The van der Waals surface area contributed by atoms with Crippen LogP contribution in [-0.4, -0.2) is 47.8 Å². The highest BCUT2D eigenvalue weighted by Crippen LogP contribution is 2.27. The zero-order valence-corrected chi connectivity index (χ0v) is 15.2. The molecule has 1 aromatic heterocycles. The number of rotatable bonds is 5. The molecule has 0 spiro atoms. The van der Waals surface area contributed by atoms with Crippen LogP contribution in [0.5, 0.6) is 0 Å². The average Bonchev–Trinajstić information content (AvgIpc) is 3.07. The van der Waals surface area contributed by atoms with E-state index in [9.17, 15) is 13.2 Å². The molecule has 0 unspecified atom stereocenters. The fourth-order valence-corrected chi connectivity index (χ4v) is 4.45. The Bertz CT molecular complexity index is 822. The molecule has 0 atom stereocenters. The molecule has 0 aliphatic carbocycles. The van der Waals surface area contributed by atoms with Crippen LogP contribution in [-0.2, 0) is 21.7 Å². The van der Waals surface area contributed by atoms with E-state index in [0.717, 1.165) is 18.5 Å². The Labute approximate surface area is 148 Å². The van der Waals surface area contributed by atoms with Crippen molar-refractivity contribution in [2.45, 2.75) is 30.1 Å². The molecule has 2 heterocycles. The first kappa shape index (κ1) is 17.7. The summed E-state index contributed by atoms with van der Waals surface area (Å²) in [5.74, 6) is 0.146. The molecule has 1 aromatic carbocycles. The van der Waals surface area contributed by atoms with Crippen molar-refractivity contribution in [1.29, 1.82) is 0 Å². The van der Waals surface area contributed by atoms with Gasteiger partial charge in [-0.05, 0) is 31.0 Å². The lowest BCUT2D eigenvalue weighted by atomic mass is 9.93. The minimum Gasteiger partial charge on any atom is -0.343 e. The molecule has 6 nitrogen and oxygen atoms in total. The van der Waals surface area contributed by atoms with Gasteiger partial charge in [-0.1, -0.05) is 18.2 Å². The number of amides is 1. The second kappa shape index (κ2) is 7.39. The van der Waals surface area contributed by atoms with Crippen LogP contribution in [0.1, 0.15) is 30.9 Å². The summed E-state index contributed by atoms with van der Waals surface area (Å²) in [5.41, 5.74) is 1.07. The summed E-state index contributed by atoms with van der Waals surface area (Å²) in [5, 5.41) is 4.44. The third kappa shape index (κ3) is 4.28. The van der Waals surface area contributed by atoms with Crippen LogP contribution in [0, 0.1) is 0 Å². The smallest absolute Gasteiger partial charge is 0.223 e. The van der Waals surface area contributed by atoms with Crippen LogP contribution in [0.4, 0.5) is 0 Å². The van der Waals surface area contributed by atoms with Gasteiger partial charge in [-0.2, -0.15) is 5.10 Å². The van der Waals surface area contributed by atoms with E-state index in [1.54, 1.807) is 39.9 Å². The number of piperidine rings is 1. The van der Waals surface area contributed by atoms with Crippen LogP contribution in [0.2, 0.25) is 0 Å². The number of likely N-dealkylation sites (tertiary alicyclic amines) is 1. The molecule has 1 saturated heterocycles. The highest BCUT2D eigenvalue weighted by molar-refractivity contribution is 7.91. The van der Waals surface area contributed by atoms with Gasteiger partial charge >= 0.3 is 0 Å². The van der Waals surface area contributed by atoms with Crippen molar-refractivity contribution in [1.82, 2.24) is 14.7 Å². The fraction of sp³-hybridized carbons (Fsp3) is 0.444. The number of benzene rings is 1.